The Morgan fingerprint density at radius 1 is 0.458 bits per heavy atom. The number of benzene rings is 7. The van der Waals surface area contributed by atoms with Crippen molar-refractivity contribution in [3.63, 3.8) is 0 Å². The SMILES string of the molecule is c1ccc(-c2nc3ccccc3c3c2cc(-c2cccc(-c4nc5ccccc5n4-c4ccccc4)c2)c2sc4ccccc4c23)cc1. The van der Waals surface area contributed by atoms with Gasteiger partial charge in [0.05, 0.1) is 22.2 Å². The minimum Gasteiger partial charge on any atom is -0.292 e. The third kappa shape index (κ3) is 4.13. The van der Waals surface area contributed by atoms with E-state index in [1.54, 1.807) is 0 Å². The van der Waals surface area contributed by atoms with Crippen LogP contribution in [0.3, 0.4) is 0 Å². The van der Waals surface area contributed by atoms with Crippen molar-refractivity contribution >= 4 is 64.2 Å². The van der Waals surface area contributed by atoms with Crippen molar-refractivity contribution in [1.82, 2.24) is 14.5 Å². The maximum atomic E-state index is 5.30. The van der Waals surface area contributed by atoms with Crippen LogP contribution in [0.15, 0.2) is 164 Å². The number of rotatable bonds is 4. The highest BCUT2D eigenvalue weighted by Gasteiger charge is 2.21. The largest absolute Gasteiger partial charge is 0.292 e. The molecule has 0 spiro atoms. The minimum atomic E-state index is 0.926. The van der Waals surface area contributed by atoms with Gasteiger partial charge in [-0.15, -0.1) is 11.3 Å². The molecular weight excluding hydrogens is 603 g/mol. The fraction of sp³-hybridized carbons (Fsp3) is 0. The zero-order valence-electron chi connectivity index (χ0n) is 25.8. The van der Waals surface area contributed by atoms with Crippen molar-refractivity contribution < 1.29 is 0 Å². The van der Waals surface area contributed by atoms with Gasteiger partial charge in [-0.05, 0) is 54.1 Å². The molecule has 0 radical (unpaired) electrons. The highest BCUT2D eigenvalue weighted by atomic mass is 32.1. The van der Waals surface area contributed by atoms with E-state index in [2.05, 4.69) is 168 Å². The first-order valence-electron chi connectivity index (χ1n) is 16.2. The second-order valence-corrected chi connectivity index (χ2v) is 13.2. The summed E-state index contributed by atoms with van der Waals surface area (Å²) in [6.07, 6.45) is 0. The van der Waals surface area contributed by atoms with Crippen LogP contribution < -0.4 is 0 Å². The third-order valence-electron chi connectivity index (χ3n) is 9.36. The van der Waals surface area contributed by atoms with Gasteiger partial charge < -0.3 is 0 Å². The number of pyridine rings is 1. The lowest BCUT2D eigenvalue weighted by Crippen LogP contribution is -1.97. The maximum absolute atomic E-state index is 5.30. The molecule has 0 aliphatic carbocycles. The van der Waals surface area contributed by atoms with E-state index in [9.17, 15) is 0 Å². The standard InChI is InChI=1S/C44H27N3S/c1-3-14-28(15-4-1)42-35-27-34(43-41(33-21-8-12-25-39(33)48-43)40(35)32-20-7-9-22-36(32)45-42)29-16-13-17-30(26-29)44-46-37-23-10-11-24-38(37)47(44)31-18-5-2-6-19-31/h1-27H. The molecule has 224 valence electrons. The number of nitrogens with zero attached hydrogens (tertiary/aromatic N) is 3. The van der Waals surface area contributed by atoms with Crippen LogP contribution in [-0.2, 0) is 0 Å². The van der Waals surface area contributed by atoms with Gasteiger partial charge in [-0.3, -0.25) is 4.57 Å². The lowest BCUT2D eigenvalue weighted by atomic mass is 9.91. The highest BCUT2D eigenvalue weighted by Crippen LogP contribution is 2.48. The smallest absolute Gasteiger partial charge is 0.145 e. The van der Waals surface area contributed by atoms with Crippen molar-refractivity contribution in [3.8, 4) is 39.5 Å². The molecule has 0 bridgehead atoms. The Morgan fingerprint density at radius 3 is 1.98 bits per heavy atom. The minimum absolute atomic E-state index is 0.926. The summed E-state index contributed by atoms with van der Waals surface area (Å²) in [5.41, 5.74) is 9.72. The Hall–Kier alpha value is -6.10. The van der Waals surface area contributed by atoms with Crippen LogP contribution in [0.1, 0.15) is 0 Å². The van der Waals surface area contributed by atoms with Crippen LogP contribution in [0, 0.1) is 0 Å². The molecule has 3 nitrogen and oxygen atoms in total. The van der Waals surface area contributed by atoms with Gasteiger partial charge in [0, 0.05) is 58.7 Å². The van der Waals surface area contributed by atoms with Crippen LogP contribution >= 0.6 is 11.3 Å². The van der Waals surface area contributed by atoms with E-state index < -0.39 is 0 Å². The predicted octanol–water partition coefficient (Wildman–Crippen LogP) is 12.1. The molecule has 3 heterocycles. The Labute approximate surface area is 281 Å². The molecule has 0 amide bonds. The molecule has 7 aromatic carbocycles. The number of aromatic nitrogens is 3. The number of thiophene rings is 1. The molecule has 0 N–H and O–H groups in total. The molecule has 3 aromatic heterocycles. The van der Waals surface area contributed by atoms with Gasteiger partial charge in [0.1, 0.15) is 5.82 Å². The van der Waals surface area contributed by atoms with Crippen molar-refractivity contribution in [1.29, 1.82) is 0 Å². The number of fused-ring (bicyclic) bond motifs is 8. The molecule has 0 saturated carbocycles. The fourth-order valence-electron chi connectivity index (χ4n) is 7.24. The van der Waals surface area contributed by atoms with E-state index in [1.165, 1.54) is 36.5 Å². The Balaban J connectivity index is 1.31. The molecule has 4 heteroatoms. The lowest BCUT2D eigenvalue weighted by molar-refractivity contribution is 1.10. The summed E-state index contributed by atoms with van der Waals surface area (Å²) in [5, 5.41) is 6.17. The van der Waals surface area contributed by atoms with Crippen LogP contribution in [0.5, 0.6) is 0 Å². The van der Waals surface area contributed by atoms with Crippen LogP contribution in [-0.4, -0.2) is 14.5 Å². The van der Waals surface area contributed by atoms with E-state index >= 15 is 0 Å². The summed E-state index contributed by atoms with van der Waals surface area (Å²) in [5.74, 6) is 0.926. The quantitative estimate of drug-likeness (QED) is 0.181. The van der Waals surface area contributed by atoms with Gasteiger partial charge in [-0.25, -0.2) is 9.97 Å². The summed E-state index contributed by atoms with van der Waals surface area (Å²) >= 11 is 1.87. The summed E-state index contributed by atoms with van der Waals surface area (Å²) < 4.78 is 4.84. The molecule has 0 aliphatic heterocycles. The molecule has 48 heavy (non-hydrogen) atoms. The Kier molecular flexibility index (Phi) is 6.05. The molecule has 10 aromatic rings. The van der Waals surface area contributed by atoms with Gasteiger partial charge >= 0.3 is 0 Å². The van der Waals surface area contributed by atoms with Gasteiger partial charge in [0.25, 0.3) is 0 Å². The highest BCUT2D eigenvalue weighted by molar-refractivity contribution is 7.26. The van der Waals surface area contributed by atoms with Gasteiger partial charge in [0.15, 0.2) is 0 Å². The van der Waals surface area contributed by atoms with Crippen molar-refractivity contribution in [3.05, 3.63) is 164 Å². The summed E-state index contributed by atoms with van der Waals surface area (Å²) in [7, 11) is 0. The first kappa shape index (κ1) is 27.1. The van der Waals surface area contributed by atoms with Crippen LogP contribution in [0.2, 0.25) is 0 Å². The number of imidazole rings is 1. The average Bonchev–Trinajstić information content (AvgIpc) is 3.74. The van der Waals surface area contributed by atoms with Crippen molar-refractivity contribution in [2.75, 3.05) is 0 Å². The molecule has 10 rings (SSSR count). The number of hydrogen-bond acceptors (Lipinski definition) is 3. The first-order valence-corrected chi connectivity index (χ1v) is 17.0. The molecule has 0 atom stereocenters. The van der Waals surface area contributed by atoms with Crippen LogP contribution in [0.25, 0.3) is 92.3 Å². The monoisotopic (exact) mass is 629 g/mol. The molecule has 0 unspecified atom stereocenters. The lowest BCUT2D eigenvalue weighted by Gasteiger charge is -2.15. The van der Waals surface area contributed by atoms with Gasteiger partial charge in [-0.1, -0.05) is 115 Å². The van der Waals surface area contributed by atoms with Crippen molar-refractivity contribution in [2.24, 2.45) is 0 Å². The van der Waals surface area contributed by atoms with Crippen molar-refractivity contribution in [2.45, 2.75) is 0 Å². The third-order valence-corrected chi connectivity index (χ3v) is 10.6. The van der Waals surface area contributed by atoms with E-state index in [1.807, 2.05) is 11.3 Å². The zero-order valence-corrected chi connectivity index (χ0v) is 26.7. The van der Waals surface area contributed by atoms with Gasteiger partial charge in [-0.2, -0.15) is 0 Å². The topological polar surface area (TPSA) is 30.7 Å². The second-order valence-electron chi connectivity index (χ2n) is 12.2. The average molecular weight is 630 g/mol. The van der Waals surface area contributed by atoms with E-state index in [0.717, 1.165) is 55.8 Å². The number of para-hydroxylation sites is 4. The van der Waals surface area contributed by atoms with E-state index in [-0.39, 0.29) is 0 Å². The van der Waals surface area contributed by atoms with E-state index in [0.29, 0.717) is 0 Å². The predicted molar refractivity (Wildman–Crippen MR) is 203 cm³/mol. The Morgan fingerprint density at radius 2 is 1.12 bits per heavy atom. The molecule has 0 fully saturated rings. The maximum Gasteiger partial charge on any atom is 0.145 e. The normalized spacial score (nSPS) is 11.8. The fourth-order valence-corrected chi connectivity index (χ4v) is 8.49. The first-order chi connectivity index (χ1) is 23.8. The summed E-state index contributed by atoms with van der Waals surface area (Å²) in [4.78, 5) is 10.5. The summed E-state index contributed by atoms with van der Waals surface area (Å²) in [6, 6.07) is 58.1. The molecular formula is C44H27N3S. The number of hydrogen-bond donors (Lipinski definition) is 0. The molecule has 0 saturated heterocycles. The van der Waals surface area contributed by atoms with E-state index in [4.69, 9.17) is 9.97 Å². The zero-order chi connectivity index (χ0) is 31.6. The summed E-state index contributed by atoms with van der Waals surface area (Å²) in [6.45, 7) is 0. The van der Waals surface area contributed by atoms with Crippen LogP contribution in [0.4, 0.5) is 0 Å². The molecule has 0 aliphatic rings. The second kappa shape index (κ2) is 10.7. The van der Waals surface area contributed by atoms with Gasteiger partial charge in [0.2, 0.25) is 0 Å². The Bertz CT molecular complexity index is 2830.